The van der Waals surface area contributed by atoms with Gasteiger partial charge in [0.15, 0.2) is 5.71 Å². The van der Waals surface area contributed by atoms with Crippen LogP contribution in [-0.4, -0.2) is 54.7 Å². The Hall–Kier alpha value is -0.690. The summed E-state index contributed by atoms with van der Waals surface area (Å²) in [6.07, 6.45) is 13.8. The second-order valence-electron chi connectivity index (χ2n) is 8.04. The van der Waals surface area contributed by atoms with E-state index in [0.717, 1.165) is 31.4 Å². The maximum atomic E-state index is 13.3. The van der Waals surface area contributed by atoms with Crippen LogP contribution in [-0.2, 0) is 4.74 Å². The van der Waals surface area contributed by atoms with Gasteiger partial charge < -0.3 is 4.74 Å². The van der Waals surface area contributed by atoms with Gasteiger partial charge in [0.25, 0.3) is 0 Å². The van der Waals surface area contributed by atoms with Crippen LogP contribution in [0.25, 0.3) is 0 Å². The lowest BCUT2D eigenvalue weighted by Gasteiger charge is -2.23. The van der Waals surface area contributed by atoms with Gasteiger partial charge in [-0.15, -0.1) is 0 Å². The van der Waals surface area contributed by atoms with E-state index >= 15 is 0 Å². The van der Waals surface area contributed by atoms with Crippen molar-refractivity contribution < 1.29 is 17.9 Å². The lowest BCUT2D eigenvalue weighted by atomic mass is 10.1. The molecule has 0 bridgehead atoms. The van der Waals surface area contributed by atoms with Crippen LogP contribution in [0.5, 0.6) is 0 Å². The number of methoxy groups -OCH3 is 1. The Bertz CT molecular complexity index is 484. The standard InChI is InChI=1S/C23H41F3N2OS/c1-3-4-5-6-7-8-9-10-11-12-13-14-18-30-20-22(23(24,25)26)27-28-17-15-16-21(28)19-29-2/h6-7,21H,3-5,8-20H2,1-2H3/b7-6-,27-22-/t21-/m0/s1. The molecule has 1 fully saturated rings. The van der Waals surface area contributed by atoms with Gasteiger partial charge in [0.2, 0.25) is 0 Å². The molecule has 0 radical (unpaired) electrons. The highest BCUT2D eigenvalue weighted by atomic mass is 32.2. The molecule has 1 aliphatic heterocycles. The molecule has 0 N–H and O–H groups in total. The van der Waals surface area contributed by atoms with Crippen LogP contribution in [0.3, 0.4) is 0 Å². The zero-order valence-electron chi connectivity index (χ0n) is 18.9. The summed E-state index contributed by atoms with van der Waals surface area (Å²) in [5.41, 5.74) is -0.664. The second kappa shape index (κ2) is 16.9. The van der Waals surface area contributed by atoms with Crippen LogP contribution < -0.4 is 0 Å². The molecular weight excluding hydrogens is 409 g/mol. The number of hydrazone groups is 1. The Morgan fingerprint density at radius 2 is 1.73 bits per heavy atom. The van der Waals surface area contributed by atoms with Gasteiger partial charge in [0.1, 0.15) is 0 Å². The Morgan fingerprint density at radius 3 is 2.40 bits per heavy atom. The third-order valence-electron chi connectivity index (χ3n) is 5.32. The van der Waals surface area contributed by atoms with E-state index in [9.17, 15) is 13.2 Å². The molecule has 0 amide bonds. The van der Waals surface area contributed by atoms with Gasteiger partial charge in [-0.05, 0) is 44.3 Å². The third-order valence-corrected chi connectivity index (χ3v) is 6.38. The monoisotopic (exact) mass is 450 g/mol. The fraction of sp³-hybridized carbons (Fsp3) is 0.870. The minimum absolute atomic E-state index is 0.0378. The van der Waals surface area contributed by atoms with Crippen molar-refractivity contribution in [1.29, 1.82) is 0 Å². The molecule has 1 atom stereocenters. The SMILES string of the molecule is CCCC/C=C\CCCCCCCCSC/C(=N/N1CCC[C@H]1COC)C(F)(F)F. The summed E-state index contributed by atoms with van der Waals surface area (Å²) in [4.78, 5) is 0. The van der Waals surface area contributed by atoms with Gasteiger partial charge in [-0.3, -0.25) is 5.01 Å². The number of hydrogen-bond donors (Lipinski definition) is 0. The molecule has 0 spiro atoms. The molecule has 3 nitrogen and oxygen atoms in total. The number of thioether (sulfide) groups is 1. The van der Waals surface area contributed by atoms with Gasteiger partial charge in [-0.25, -0.2) is 0 Å². The van der Waals surface area contributed by atoms with Crippen LogP contribution in [0.15, 0.2) is 17.3 Å². The van der Waals surface area contributed by atoms with Crippen molar-refractivity contribution in [2.75, 3.05) is 31.8 Å². The molecule has 0 aromatic carbocycles. The quantitative estimate of drug-likeness (QED) is 0.133. The van der Waals surface area contributed by atoms with Crippen LogP contribution >= 0.6 is 11.8 Å². The summed E-state index contributed by atoms with van der Waals surface area (Å²) < 4.78 is 45.1. The van der Waals surface area contributed by atoms with Crippen LogP contribution in [0.4, 0.5) is 13.2 Å². The molecule has 0 aliphatic carbocycles. The van der Waals surface area contributed by atoms with Crippen molar-refractivity contribution in [3.05, 3.63) is 12.2 Å². The summed E-state index contributed by atoms with van der Waals surface area (Å²) in [6, 6.07) is -0.0378. The van der Waals surface area contributed by atoms with Gasteiger partial charge >= 0.3 is 6.18 Å². The van der Waals surface area contributed by atoms with E-state index in [4.69, 9.17) is 4.74 Å². The molecule has 176 valence electrons. The van der Waals surface area contributed by atoms with Gasteiger partial charge in [0.05, 0.1) is 12.6 Å². The van der Waals surface area contributed by atoms with E-state index < -0.39 is 11.9 Å². The molecule has 30 heavy (non-hydrogen) atoms. The van der Waals surface area contributed by atoms with Gasteiger partial charge in [-0.2, -0.15) is 30.0 Å². The summed E-state index contributed by atoms with van der Waals surface area (Å²) in [5.74, 6) is 0.695. The molecular formula is C23H41F3N2OS. The Morgan fingerprint density at radius 1 is 1.07 bits per heavy atom. The number of rotatable bonds is 17. The Labute approximate surface area is 185 Å². The minimum atomic E-state index is -4.36. The summed E-state index contributed by atoms with van der Waals surface area (Å²) in [6.45, 7) is 3.21. The number of nitrogens with zero attached hydrogens (tertiary/aromatic N) is 2. The first-order valence-electron chi connectivity index (χ1n) is 11.6. The van der Waals surface area contributed by atoms with E-state index in [1.54, 1.807) is 12.1 Å². The maximum absolute atomic E-state index is 13.3. The van der Waals surface area contributed by atoms with Crippen LogP contribution in [0, 0.1) is 0 Å². The zero-order valence-corrected chi connectivity index (χ0v) is 19.7. The van der Waals surface area contributed by atoms with E-state index in [1.807, 2.05) is 0 Å². The van der Waals surface area contributed by atoms with Crippen molar-refractivity contribution in [3.8, 4) is 0 Å². The number of alkyl halides is 3. The molecule has 0 aromatic rings. The summed E-state index contributed by atoms with van der Waals surface area (Å²) in [5, 5.41) is 5.54. The number of allylic oxidation sites excluding steroid dienone is 2. The number of unbranched alkanes of at least 4 members (excludes halogenated alkanes) is 8. The van der Waals surface area contributed by atoms with Crippen LogP contribution in [0.2, 0.25) is 0 Å². The molecule has 1 rings (SSSR count). The highest BCUT2D eigenvalue weighted by Gasteiger charge is 2.37. The van der Waals surface area contributed by atoms with Crippen molar-refractivity contribution in [2.45, 2.75) is 96.2 Å². The normalized spacial score (nSPS) is 18.1. The van der Waals surface area contributed by atoms with Crippen molar-refractivity contribution in [2.24, 2.45) is 5.10 Å². The lowest BCUT2D eigenvalue weighted by molar-refractivity contribution is -0.0607. The summed E-state index contributed by atoms with van der Waals surface area (Å²) >= 11 is 1.35. The van der Waals surface area contributed by atoms with Gasteiger partial charge in [0, 0.05) is 19.4 Å². The fourth-order valence-corrected chi connectivity index (χ4v) is 4.50. The highest BCUT2D eigenvalue weighted by molar-refractivity contribution is 7.99. The first kappa shape index (κ1) is 27.3. The van der Waals surface area contributed by atoms with E-state index in [1.165, 1.54) is 63.1 Å². The van der Waals surface area contributed by atoms with Crippen LogP contribution in [0.1, 0.15) is 84.0 Å². The Balaban J connectivity index is 2.14. The number of hydrogen-bond acceptors (Lipinski definition) is 4. The first-order valence-corrected chi connectivity index (χ1v) is 12.8. The second-order valence-corrected chi connectivity index (χ2v) is 9.14. The molecule has 1 aliphatic rings. The lowest BCUT2D eigenvalue weighted by Crippen LogP contribution is -2.34. The smallest absolute Gasteiger partial charge is 0.382 e. The predicted molar refractivity (Wildman–Crippen MR) is 123 cm³/mol. The molecule has 0 aromatic heterocycles. The summed E-state index contributed by atoms with van der Waals surface area (Å²) in [7, 11) is 1.58. The molecule has 0 saturated carbocycles. The predicted octanol–water partition coefficient (Wildman–Crippen LogP) is 7.23. The van der Waals surface area contributed by atoms with E-state index in [0.29, 0.717) is 13.2 Å². The van der Waals surface area contributed by atoms with Crippen molar-refractivity contribution in [3.63, 3.8) is 0 Å². The number of halogens is 3. The number of ether oxygens (including phenoxy) is 1. The molecule has 1 saturated heterocycles. The topological polar surface area (TPSA) is 24.8 Å². The molecule has 0 unspecified atom stereocenters. The average Bonchev–Trinajstić information content (AvgIpc) is 3.13. The first-order chi connectivity index (χ1) is 14.5. The highest BCUT2D eigenvalue weighted by Crippen LogP contribution is 2.25. The maximum Gasteiger partial charge on any atom is 0.432 e. The molecule has 1 heterocycles. The molecule has 7 heteroatoms. The minimum Gasteiger partial charge on any atom is -0.382 e. The Kier molecular flexibility index (Phi) is 15.4. The largest absolute Gasteiger partial charge is 0.432 e. The zero-order chi connectivity index (χ0) is 22.1. The van der Waals surface area contributed by atoms with E-state index in [-0.39, 0.29) is 11.8 Å². The van der Waals surface area contributed by atoms with Crippen molar-refractivity contribution >= 4 is 17.5 Å². The fourth-order valence-electron chi connectivity index (χ4n) is 3.54. The van der Waals surface area contributed by atoms with E-state index in [2.05, 4.69) is 24.2 Å². The van der Waals surface area contributed by atoms with Gasteiger partial charge in [-0.1, -0.05) is 57.6 Å². The average molecular weight is 451 g/mol. The van der Waals surface area contributed by atoms with Crippen molar-refractivity contribution in [1.82, 2.24) is 5.01 Å². The third kappa shape index (κ3) is 12.9.